The van der Waals surface area contributed by atoms with Crippen molar-refractivity contribution in [2.45, 2.75) is 51.1 Å². The van der Waals surface area contributed by atoms with Gasteiger partial charge in [-0.1, -0.05) is 31.5 Å². The minimum absolute atomic E-state index is 0.0301. The molecule has 0 radical (unpaired) electrons. The summed E-state index contributed by atoms with van der Waals surface area (Å²) in [6.45, 7) is 4.98. The molecule has 0 heterocycles. The Morgan fingerprint density at radius 1 is 1.45 bits per heavy atom. The average molecular weight is 278 g/mol. The van der Waals surface area contributed by atoms with E-state index < -0.39 is 0 Å². The molecule has 2 nitrogen and oxygen atoms in total. The summed E-state index contributed by atoms with van der Waals surface area (Å²) in [6.07, 6.45) is 4.71. The van der Waals surface area contributed by atoms with E-state index in [2.05, 4.69) is 25.8 Å². The maximum Gasteiger partial charge on any atom is 0.127 e. The summed E-state index contributed by atoms with van der Waals surface area (Å²) >= 11 is 0. The number of nitrogens with two attached hydrogens (primary N) is 1. The Kier molecular flexibility index (Phi) is 4.82. The Bertz CT molecular complexity index is 448. The number of hydrogen-bond acceptors (Lipinski definition) is 2. The first-order valence-corrected chi connectivity index (χ1v) is 7.71. The van der Waals surface area contributed by atoms with Crippen LogP contribution in [0, 0.1) is 11.7 Å². The molecule has 3 heteroatoms. The van der Waals surface area contributed by atoms with Crippen LogP contribution in [0.25, 0.3) is 0 Å². The number of benzene rings is 1. The monoisotopic (exact) mass is 278 g/mol. The first kappa shape index (κ1) is 15.5. The van der Waals surface area contributed by atoms with Crippen LogP contribution in [0.4, 0.5) is 4.39 Å². The summed E-state index contributed by atoms with van der Waals surface area (Å²) in [5.74, 6) is 0.637. The molecule has 0 aromatic heterocycles. The largest absolute Gasteiger partial charge is 0.329 e. The molecular weight excluding hydrogens is 251 g/mol. The zero-order valence-electron chi connectivity index (χ0n) is 12.9. The van der Waals surface area contributed by atoms with E-state index in [1.165, 1.54) is 18.9 Å². The maximum absolute atomic E-state index is 14.0. The highest BCUT2D eigenvalue weighted by molar-refractivity contribution is 5.21. The van der Waals surface area contributed by atoms with Crippen molar-refractivity contribution in [3.05, 3.63) is 35.6 Å². The van der Waals surface area contributed by atoms with E-state index in [1.807, 2.05) is 12.1 Å². The highest BCUT2D eigenvalue weighted by Gasteiger charge is 2.42. The number of nitrogens with zero attached hydrogens (tertiary/aromatic N) is 1. The van der Waals surface area contributed by atoms with Crippen LogP contribution in [0.15, 0.2) is 24.3 Å². The fraction of sp³-hybridized carbons (Fsp3) is 0.647. The molecular formula is C17H27FN2. The summed E-state index contributed by atoms with van der Waals surface area (Å²) in [4.78, 5) is 2.31. The van der Waals surface area contributed by atoms with E-state index in [0.29, 0.717) is 6.54 Å². The van der Waals surface area contributed by atoms with Gasteiger partial charge in [-0.2, -0.15) is 0 Å². The standard InChI is InChI=1S/C17H27FN2/c1-4-14-9-10-17(11-14,12-19)20(3)13(2)15-7-5-6-8-16(15)18/h5-8,13-14H,4,9-12,19H2,1-3H3. The van der Waals surface area contributed by atoms with Crippen molar-refractivity contribution in [3.63, 3.8) is 0 Å². The highest BCUT2D eigenvalue weighted by Crippen LogP contribution is 2.42. The van der Waals surface area contributed by atoms with Gasteiger partial charge in [0, 0.05) is 23.7 Å². The van der Waals surface area contributed by atoms with Gasteiger partial charge in [-0.05, 0) is 45.2 Å². The third-order valence-electron chi connectivity index (χ3n) is 5.33. The van der Waals surface area contributed by atoms with Gasteiger partial charge in [-0.15, -0.1) is 0 Å². The Morgan fingerprint density at radius 3 is 2.70 bits per heavy atom. The van der Waals surface area contributed by atoms with E-state index in [9.17, 15) is 4.39 Å². The van der Waals surface area contributed by atoms with Crippen LogP contribution in [0.2, 0.25) is 0 Å². The second kappa shape index (κ2) is 6.23. The van der Waals surface area contributed by atoms with Gasteiger partial charge < -0.3 is 5.73 Å². The first-order chi connectivity index (χ1) is 9.54. The molecule has 0 saturated heterocycles. The van der Waals surface area contributed by atoms with Gasteiger partial charge in [0.15, 0.2) is 0 Å². The molecule has 112 valence electrons. The van der Waals surface area contributed by atoms with Crippen molar-refractivity contribution >= 4 is 0 Å². The summed E-state index contributed by atoms with van der Waals surface area (Å²) in [5, 5.41) is 0. The normalized spacial score (nSPS) is 28.0. The smallest absolute Gasteiger partial charge is 0.127 e. The lowest BCUT2D eigenvalue weighted by Crippen LogP contribution is -2.51. The predicted molar refractivity (Wildman–Crippen MR) is 82.0 cm³/mol. The minimum atomic E-state index is -0.121. The third kappa shape index (κ3) is 2.75. The Hall–Kier alpha value is -0.930. The molecule has 0 aliphatic heterocycles. The van der Waals surface area contributed by atoms with Crippen LogP contribution in [-0.2, 0) is 0 Å². The van der Waals surface area contributed by atoms with Crippen LogP contribution in [0.3, 0.4) is 0 Å². The molecule has 1 aliphatic rings. The van der Waals surface area contributed by atoms with Gasteiger partial charge in [-0.25, -0.2) is 4.39 Å². The van der Waals surface area contributed by atoms with Crippen LogP contribution >= 0.6 is 0 Å². The van der Waals surface area contributed by atoms with Crippen molar-refractivity contribution in [1.29, 1.82) is 0 Å². The molecule has 0 bridgehead atoms. The third-order valence-corrected chi connectivity index (χ3v) is 5.33. The Morgan fingerprint density at radius 2 is 2.15 bits per heavy atom. The van der Waals surface area contributed by atoms with Crippen molar-refractivity contribution in [2.75, 3.05) is 13.6 Å². The molecule has 1 saturated carbocycles. The van der Waals surface area contributed by atoms with Crippen molar-refractivity contribution in [1.82, 2.24) is 4.90 Å². The number of halogens is 1. The second-order valence-electron chi connectivity index (χ2n) is 6.25. The lowest BCUT2D eigenvalue weighted by atomic mass is 9.90. The zero-order chi connectivity index (χ0) is 14.8. The molecule has 1 fully saturated rings. The Balaban J connectivity index is 2.21. The SMILES string of the molecule is CCC1CCC(CN)(N(C)C(C)c2ccccc2F)C1. The Labute approximate surface area is 122 Å². The van der Waals surface area contributed by atoms with E-state index in [1.54, 1.807) is 6.07 Å². The second-order valence-corrected chi connectivity index (χ2v) is 6.25. The van der Waals surface area contributed by atoms with E-state index in [4.69, 9.17) is 5.73 Å². The van der Waals surface area contributed by atoms with Gasteiger partial charge >= 0.3 is 0 Å². The van der Waals surface area contributed by atoms with Crippen LogP contribution in [-0.4, -0.2) is 24.0 Å². The summed E-state index contributed by atoms with van der Waals surface area (Å²) in [5.41, 5.74) is 6.90. The molecule has 1 aromatic carbocycles. The summed E-state index contributed by atoms with van der Waals surface area (Å²) < 4.78 is 14.0. The van der Waals surface area contributed by atoms with E-state index in [0.717, 1.165) is 24.3 Å². The summed E-state index contributed by atoms with van der Waals surface area (Å²) in [7, 11) is 2.10. The van der Waals surface area contributed by atoms with Gasteiger partial charge in [0.25, 0.3) is 0 Å². The van der Waals surface area contributed by atoms with Gasteiger partial charge in [0.1, 0.15) is 5.82 Å². The zero-order valence-corrected chi connectivity index (χ0v) is 12.9. The van der Waals surface area contributed by atoms with Crippen molar-refractivity contribution in [2.24, 2.45) is 11.7 Å². The number of likely N-dealkylation sites (N-methyl/N-ethyl adjacent to an activating group) is 1. The minimum Gasteiger partial charge on any atom is -0.329 e. The topological polar surface area (TPSA) is 29.3 Å². The molecule has 0 amide bonds. The van der Waals surface area contributed by atoms with Crippen LogP contribution < -0.4 is 5.73 Å². The molecule has 1 aliphatic carbocycles. The van der Waals surface area contributed by atoms with Gasteiger partial charge in [0.2, 0.25) is 0 Å². The number of rotatable bonds is 5. The van der Waals surface area contributed by atoms with Crippen LogP contribution in [0.1, 0.15) is 51.1 Å². The van der Waals surface area contributed by atoms with E-state index >= 15 is 0 Å². The lowest BCUT2D eigenvalue weighted by molar-refractivity contribution is 0.0837. The van der Waals surface area contributed by atoms with Gasteiger partial charge in [0.05, 0.1) is 0 Å². The fourth-order valence-corrected chi connectivity index (χ4v) is 3.65. The average Bonchev–Trinajstić information content (AvgIpc) is 2.91. The van der Waals surface area contributed by atoms with Crippen molar-refractivity contribution in [3.8, 4) is 0 Å². The molecule has 1 aromatic rings. The first-order valence-electron chi connectivity index (χ1n) is 7.71. The molecule has 20 heavy (non-hydrogen) atoms. The van der Waals surface area contributed by atoms with Gasteiger partial charge in [-0.3, -0.25) is 4.90 Å². The molecule has 0 spiro atoms. The predicted octanol–water partition coefficient (Wildman–Crippen LogP) is 3.73. The lowest BCUT2D eigenvalue weighted by Gasteiger charge is -2.42. The van der Waals surface area contributed by atoms with Crippen LogP contribution in [0.5, 0.6) is 0 Å². The quantitative estimate of drug-likeness (QED) is 0.889. The van der Waals surface area contributed by atoms with Crippen molar-refractivity contribution < 1.29 is 4.39 Å². The molecule has 3 unspecified atom stereocenters. The summed E-state index contributed by atoms with van der Waals surface area (Å²) in [6, 6.07) is 7.12. The maximum atomic E-state index is 14.0. The fourth-order valence-electron chi connectivity index (χ4n) is 3.65. The molecule has 2 rings (SSSR count). The highest BCUT2D eigenvalue weighted by atomic mass is 19.1. The molecule has 3 atom stereocenters. The molecule has 2 N–H and O–H groups in total. The number of hydrogen-bond donors (Lipinski definition) is 1. The van der Waals surface area contributed by atoms with E-state index in [-0.39, 0.29) is 17.4 Å².